The number of carboxylic acid groups (broad SMARTS) is 1. The summed E-state index contributed by atoms with van der Waals surface area (Å²) in [6.07, 6.45) is 1.38. The number of fused-ring (bicyclic) bond motifs is 1. The number of carbonyl (C=O) groups excluding carboxylic acids is 1. The van der Waals surface area contributed by atoms with Crippen LogP contribution in [0.15, 0.2) is 60.8 Å². The predicted octanol–water partition coefficient (Wildman–Crippen LogP) is 7.05. The van der Waals surface area contributed by atoms with Crippen molar-refractivity contribution in [3.8, 4) is 22.8 Å². The van der Waals surface area contributed by atoms with Gasteiger partial charge in [-0.05, 0) is 79.3 Å². The van der Waals surface area contributed by atoms with Gasteiger partial charge in [0, 0.05) is 36.1 Å². The fourth-order valence-electron chi connectivity index (χ4n) is 7.17. The van der Waals surface area contributed by atoms with Crippen LogP contribution in [0.5, 0.6) is 5.75 Å². The number of piperidine rings is 1. The van der Waals surface area contributed by atoms with Crippen molar-refractivity contribution in [1.82, 2.24) is 19.7 Å². The van der Waals surface area contributed by atoms with Crippen molar-refractivity contribution < 1.29 is 32.6 Å². The van der Waals surface area contributed by atoms with E-state index in [0.29, 0.717) is 47.2 Å². The fourth-order valence-corrected chi connectivity index (χ4v) is 7.17. The second-order valence-corrected chi connectivity index (χ2v) is 12.7. The van der Waals surface area contributed by atoms with Crippen LogP contribution < -0.4 is 4.74 Å². The van der Waals surface area contributed by atoms with E-state index in [2.05, 4.69) is 35.2 Å². The summed E-state index contributed by atoms with van der Waals surface area (Å²) in [5, 5.41) is 13.1. The minimum atomic E-state index is -4.95. The van der Waals surface area contributed by atoms with E-state index in [1.807, 2.05) is 23.1 Å². The lowest BCUT2D eigenvalue weighted by Crippen LogP contribution is -2.38. The normalized spacial score (nSPS) is 18.2. The van der Waals surface area contributed by atoms with E-state index in [4.69, 9.17) is 4.74 Å². The number of pyridine rings is 1. The van der Waals surface area contributed by atoms with Crippen LogP contribution in [-0.2, 0) is 23.8 Å². The highest BCUT2D eigenvalue weighted by molar-refractivity contribution is 5.89. The Morgan fingerprint density at radius 3 is 2.49 bits per heavy atom. The van der Waals surface area contributed by atoms with Crippen LogP contribution in [0.4, 0.5) is 13.2 Å². The Morgan fingerprint density at radius 2 is 1.79 bits per heavy atom. The minimum absolute atomic E-state index is 0.00654. The van der Waals surface area contributed by atoms with E-state index < -0.39 is 23.4 Å². The van der Waals surface area contributed by atoms with Gasteiger partial charge in [0.15, 0.2) is 11.5 Å². The molecule has 47 heavy (non-hydrogen) atoms. The highest BCUT2D eigenvalue weighted by atomic mass is 19.4. The molecule has 1 saturated carbocycles. The molecule has 8 nitrogen and oxygen atoms in total. The highest BCUT2D eigenvalue weighted by Crippen LogP contribution is 2.43. The Labute approximate surface area is 270 Å². The number of carboxylic acids is 1. The Morgan fingerprint density at radius 1 is 1.02 bits per heavy atom. The molecular weight excluding hydrogens is 609 g/mol. The number of hydrogen-bond acceptors (Lipinski definition) is 5. The van der Waals surface area contributed by atoms with Crippen LogP contribution in [0.2, 0.25) is 0 Å². The number of aromatic carboxylic acids is 1. The van der Waals surface area contributed by atoms with Crippen molar-refractivity contribution in [2.45, 2.75) is 63.5 Å². The Bertz CT molecular complexity index is 1840. The summed E-state index contributed by atoms with van der Waals surface area (Å²) in [5.41, 5.74) is 3.65. The predicted molar refractivity (Wildman–Crippen MR) is 168 cm³/mol. The number of hydrogen-bond donors (Lipinski definition) is 1. The molecule has 0 spiro atoms. The molecule has 1 amide bonds. The maximum absolute atomic E-state index is 13.9. The lowest BCUT2D eigenvalue weighted by molar-refractivity contribution is -0.143. The zero-order valence-corrected chi connectivity index (χ0v) is 26.0. The maximum Gasteiger partial charge on any atom is 0.434 e. The fraction of sp³-hybridized carbons (Fsp3) is 0.389. The largest absolute Gasteiger partial charge is 0.493 e. The van der Waals surface area contributed by atoms with Gasteiger partial charge in [-0.15, -0.1) is 0 Å². The standard InChI is InChI=1S/C36H35F3N4O4/c1-2-22-17-21(9-12-26(22)23-13-15-42(16-14-23)34(44)24-10-11-24)18-25-20-47-30-7-3-5-27(32(25)30)29-6-4-8-31(41-29)43-33(36(37,38)39)28(19-40-43)35(45)46/h3-9,12,17,19,23-25H,2,10-11,13-16,18,20H2,1H3,(H,45,46). The van der Waals surface area contributed by atoms with Gasteiger partial charge in [0.25, 0.3) is 0 Å². The third kappa shape index (κ3) is 5.99. The third-order valence-electron chi connectivity index (χ3n) is 9.65. The first-order valence-corrected chi connectivity index (χ1v) is 16.1. The molecule has 2 aromatic heterocycles. The number of aryl methyl sites for hydroxylation is 1. The monoisotopic (exact) mass is 644 g/mol. The molecule has 1 aliphatic carbocycles. The molecule has 7 rings (SSSR count). The zero-order chi connectivity index (χ0) is 32.9. The number of aromatic nitrogens is 3. The number of halogens is 3. The first kappa shape index (κ1) is 31.0. The number of rotatable bonds is 8. The van der Waals surface area contributed by atoms with E-state index in [1.165, 1.54) is 22.8 Å². The van der Waals surface area contributed by atoms with Gasteiger partial charge in [0.2, 0.25) is 5.91 Å². The van der Waals surface area contributed by atoms with Gasteiger partial charge in [-0.3, -0.25) is 4.79 Å². The molecule has 11 heteroatoms. The van der Waals surface area contributed by atoms with Crippen LogP contribution in [-0.4, -0.2) is 56.3 Å². The summed E-state index contributed by atoms with van der Waals surface area (Å²) >= 11 is 0. The second kappa shape index (κ2) is 12.2. The molecule has 1 atom stereocenters. The molecule has 4 heterocycles. The van der Waals surface area contributed by atoms with Gasteiger partial charge in [-0.25, -0.2) is 14.5 Å². The van der Waals surface area contributed by atoms with Crippen LogP contribution >= 0.6 is 0 Å². The van der Waals surface area contributed by atoms with E-state index in [1.54, 1.807) is 12.1 Å². The molecule has 244 valence electrons. The number of likely N-dealkylation sites (tertiary alicyclic amines) is 1. The van der Waals surface area contributed by atoms with E-state index >= 15 is 0 Å². The number of ether oxygens (including phenoxy) is 1. The first-order chi connectivity index (χ1) is 22.6. The molecule has 2 fully saturated rings. The van der Waals surface area contributed by atoms with Crippen molar-refractivity contribution in [3.63, 3.8) is 0 Å². The van der Waals surface area contributed by atoms with Crippen molar-refractivity contribution in [2.24, 2.45) is 5.92 Å². The molecular formula is C36H35F3N4O4. The summed E-state index contributed by atoms with van der Waals surface area (Å²) in [5.74, 6) is -0.133. The summed E-state index contributed by atoms with van der Waals surface area (Å²) in [6.45, 7) is 4.26. The molecule has 2 aliphatic heterocycles. The molecule has 4 aromatic rings. The average Bonchev–Trinajstić information content (AvgIpc) is 3.68. The minimum Gasteiger partial charge on any atom is -0.493 e. The lowest BCUT2D eigenvalue weighted by Gasteiger charge is -2.33. The molecule has 3 aliphatic rings. The van der Waals surface area contributed by atoms with Gasteiger partial charge < -0.3 is 14.7 Å². The van der Waals surface area contributed by atoms with Gasteiger partial charge in [-0.1, -0.05) is 43.3 Å². The molecule has 2 aromatic carbocycles. The topological polar surface area (TPSA) is 97.6 Å². The van der Waals surface area contributed by atoms with Crippen molar-refractivity contribution >= 4 is 11.9 Å². The number of amides is 1. The van der Waals surface area contributed by atoms with Crippen molar-refractivity contribution in [1.29, 1.82) is 0 Å². The molecule has 1 N–H and O–H groups in total. The van der Waals surface area contributed by atoms with Crippen LogP contribution in [0.3, 0.4) is 0 Å². The molecule has 1 unspecified atom stereocenters. The molecule has 0 bridgehead atoms. The lowest BCUT2D eigenvalue weighted by atomic mass is 9.83. The Hall–Kier alpha value is -4.67. The second-order valence-electron chi connectivity index (χ2n) is 12.7. The number of nitrogens with zero attached hydrogens (tertiary/aromatic N) is 4. The molecule has 1 saturated heterocycles. The summed E-state index contributed by atoms with van der Waals surface area (Å²) in [6, 6.07) is 17.0. The number of alkyl halides is 3. The van der Waals surface area contributed by atoms with Crippen molar-refractivity contribution in [3.05, 3.63) is 94.3 Å². The van der Waals surface area contributed by atoms with Gasteiger partial charge in [0.05, 0.1) is 18.5 Å². The summed E-state index contributed by atoms with van der Waals surface area (Å²) in [7, 11) is 0. The van der Waals surface area contributed by atoms with Crippen LogP contribution in [0, 0.1) is 5.92 Å². The highest BCUT2D eigenvalue weighted by Gasteiger charge is 2.41. The maximum atomic E-state index is 13.9. The summed E-state index contributed by atoms with van der Waals surface area (Å²) < 4.78 is 48.4. The Balaban J connectivity index is 1.14. The van der Waals surface area contributed by atoms with Crippen LogP contribution in [0.1, 0.15) is 82.7 Å². The van der Waals surface area contributed by atoms with Gasteiger partial charge in [-0.2, -0.15) is 18.3 Å². The van der Waals surface area contributed by atoms with Crippen LogP contribution in [0.25, 0.3) is 17.1 Å². The molecule has 0 radical (unpaired) electrons. The average molecular weight is 645 g/mol. The van der Waals surface area contributed by atoms with E-state index in [9.17, 15) is 27.9 Å². The zero-order valence-electron chi connectivity index (χ0n) is 26.0. The van der Waals surface area contributed by atoms with Gasteiger partial charge >= 0.3 is 12.1 Å². The number of benzene rings is 2. The summed E-state index contributed by atoms with van der Waals surface area (Å²) in [4.78, 5) is 30.6. The SMILES string of the molecule is CCc1cc(CC2COc3cccc(-c4cccc(-n5ncc(C(=O)O)c5C(F)(F)F)n4)c32)ccc1C1CCN(C(=O)C2CC2)CC1. The van der Waals surface area contributed by atoms with Crippen molar-refractivity contribution in [2.75, 3.05) is 19.7 Å². The smallest absolute Gasteiger partial charge is 0.434 e. The Kier molecular flexibility index (Phi) is 8.01. The first-order valence-electron chi connectivity index (χ1n) is 16.1. The van der Waals surface area contributed by atoms with E-state index in [-0.39, 0.29) is 17.7 Å². The van der Waals surface area contributed by atoms with Gasteiger partial charge in [0.1, 0.15) is 11.3 Å². The number of carbonyl (C=O) groups is 2. The quantitative estimate of drug-likeness (QED) is 0.221. The van der Waals surface area contributed by atoms with E-state index in [0.717, 1.165) is 56.3 Å². The third-order valence-corrected chi connectivity index (χ3v) is 9.65.